The minimum atomic E-state index is -1.67. The number of hydrogen-bond donors (Lipinski definition) is 1. The Morgan fingerprint density at radius 2 is 1.96 bits per heavy atom. The van der Waals surface area contributed by atoms with E-state index >= 15 is 0 Å². The third kappa shape index (κ3) is 4.49. The molecule has 1 aromatic carbocycles. The number of oxime groups is 1. The molecule has 1 unspecified atom stereocenters. The smallest absolute Gasteiger partial charge is 0.254 e. The molecule has 0 saturated carbocycles. The van der Waals surface area contributed by atoms with E-state index in [0.29, 0.717) is 6.54 Å². The van der Waals surface area contributed by atoms with Crippen molar-refractivity contribution in [1.29, 1.82) is 0 Å². The first-order chi connectivity index (χ1) is 12.8. The highest BCUT2D eigenvalue weighted by Gasteiger charge is 2.42. The summed E-state index contributed by atoms with van der Waals surface area (Å²) in [4.78, 5) is 21.0. The Labute approximate surface area is 160 Å². The largest absolute Gasteiger partial charge is 0.497 e. The van der Waals surface area contributed by atoms with Crippen molar-refractivity contribution in [3.63, 3.8) is 0 Å². The predicted octanol–water partition coefficient (Wildman–Crippen LogP) is 2.14. The standard InChI is InChI=1S/C20H27N3O4/c1-6-23-15(2)7-12-18(19(24)22(3)4)20(23,25)14-21-27-13-16-8-10-17(26-5)11-9-16/h7-12,14,25H,6,13H2,1-5H3. The van der Waals surface area contributed by atoms with E-state index in [-0.39, 0.29) is 18.1 Å². The van der Waals surface area contributed by atoms with E-state index < -0.39 is 5.72 Å². The van der Waals surface area contributed by atoms with Crippen LogP contribution >= 0.6 is 0 Å². The first-order valence-corrected chi connectivity index (χ1v) is 8.73. The summed E-state index contributed by atoms with van der Waals surface area (Å²) in [5.74, 6) is 0.470. The van der Waals surface area contributed by atoms with Crippen molar-refractivity contribution in [2.75, 3.05) is 27.7 Å². The van der Waals surface area contributed by atoms with Crippen molar-refractivity contribution in [3.05, 3.63) is 53.3 Å². The maximum absolute atomic E-state index is 12.5. The van der Waals surface area contributed by atoms with Crippen LogP contribution in [0.3, 0.4) is 0 Å². The van der Waals surface area contributed by atoms with Crippen molar-refractivity contribution < 1.29 is 19.5 Å². The van der Waals surface area contributed by atoms with Crippen LogP contribution in [0, 0.1) is 0 Å². The number of carbonyl (C=O) groups is 1. The molecule has 7 heteroatoms. The van der Waals surface area contributed by atoms with Crippen molar-refractivity contribution in [1.82, 2.24) is 9.80 Å². The molecule has 0 radical (unpaired) electrons. The minimum Gasteiger partial charge on any atom is -0.497 e. The zero-order valence-electron chi connectivity index (χ0n) is 16.5. The van der Waals surface area contributed by atoms with Crippen LogP contribution in [0.2, 0.25) is 0 Å². The van der Waals surface area contributed by atoms with Crippen molar-refractivity contribution in [2.24, 2.45) is 5.16 Å². The van der Waals surface area contributed by atoms with Crippen LogP contribution < -0.4 is 4.74 Å². The van der Waals surface area contributed by atoms with Gasteiger partial charge in [0.1, 0.15) is 18.6 Å². The Hall–Kier alpha value is -2.80. The summed E-state index contributed by atoms with van der Waals surface area (Å²) in [6.45, 7) is 4.50. The summed E-state index contributed by atoms with van der Waals surface area (Å²) in [6, 6.07) is 7.41. The van der Waals surface area contributed by atoms with Gasteiger partial charge in [-0.1, -0.05) is 17.3 Å². The fourth-order valence-electron chi connectivity index (χ4n) is 2.87. The summed E-state index contributed by atoms with van der Waals surface area (Å²) in [5, 5.41) is 15.2. The number of carbonyl (C=O) groups excluding carboxylic acids is 1. The van der Waals surface area contributed by atoms with Crippen LogP contribution in [0.1, 0.15) is 19.4 Å². The Morgan fingerprint density at radius 1 is 1.30 bits per heavy atom. The molecular weight excluding hydrogens is 346 g/mol. The zero-order chi connectivity index (χ0) is 20.0. The molecule has 1 amide bonds. The van der Waals surface area contributed by atoms with Crippen LogP contribution in [0.5, 0.6) is 5.75 Å². The lowest BCUT2D eigenvalue weighted by molar-refractivity contribution is -0.128. The van der Waals surface area contributed by atoms with Crippen molar-refractivity contribution in [3.8, 4) is 5.75 Å². The van der Waals surface area contributed by atoms with E-state index in [1.165, 1.54) is 11.1 Å². The van der Waals surface area contributed by atoms with Crippen molar-refractivity contribution in [2.45, 2.75) is 26.2 Å². The number of aliphatic hydroxyl groups is 1. The summed E-state index contributed by atoms with van der Waals surface area (Å²) >= 11 is 0. The Morgan fingerprint density at radius 3 is 2.52 bits per heavy atom. The summed E-state index contributed by atoms with van der Waals surface area (Å²) in [5.41, 5.74) is 0.287. The van der Waals surface area contributed by atoms with Crippen LogP contribution in [0.25, 0.3) is 0 Å². The lowest BCUT2D eigenvalue weighted by Crippen LogP contribution is -2.55. The first-order valence-electron chi connectivity index (χ1n) is 8.73. The fraction of sp³-hybridized carbons (Fsp3) is 0.400. The number of amides is 1. The predicted molar refractivity (Wildman–Crippen MR) is 104 cm³/mol. The highest BCUT2D eigenvalue weighted by atomic mass is 16.6. The molecule has 0 aliphatic carbocycles. The molecule has 0 aromatic heterocycles. The van der Waals surface area contributed by atoms with Crippen LogP contribution in [-0.4, -0.2) is 60.5 Å². The van der Waals surface area contributed by atoms with E-state index in [2.05, 4.69) is 5.16 Å². The highest BCUT2D eigenvalue weighted by Crippen LogP contribution is 2.30. The molecule has 0 bridgehead atoms. The maximum Gasteiger partial charge on any atom is 0.254 e. The van der Waals surface area contributed by atoms with Gasteiger partial charge in [0.2, 0.25) is 5.72 Å². The summed E-state index contributed by atoms with van der Waals surface area (Å²) in [6.07, 6.45) is 4.70. The number of hydrogen-bond acceptors (Lipinski definition) is 6. The van der Waals surface area contributed by atoms with Gasteiger partial charge < -0.3 is 24.5 Å². The maximum atomic E-state index is 12.5. The number of nitrogens with zero attached hydrogens (tertiary/aromatic N) is 3. The van der Waals surface area contributed by atoms with E-state index in [1.54, 1.807) is 38.3 Å². The zero-order valence-corrected chi connectivity index (χ0v) is 16.5. The van der Waals surface area contributed by atoms with E-state index in [0.717, 1.165) is 17.0 Å². The second-order valence-corrected chi connectivity index (χ2v) is 6.41. The van der Waals surface area contributed by atoms with E-state index in [1.807, 2.05) is 38.1 Å². The van der Waals surface area contributed by atoms with Gasteiger partial charge in [0.25, 0.3) is 5.91 Å². The summed E-state index contributed by atoms with van der Waals surface area (Å²) in [7, 11) is 4.89. The molecule has 1 N–H and O–H groups in total. The summed E-state index contributed by atoms with van der Waals surface area (Å²) < 4.78 is 5.12. The SMILES string of the molecule is CCN1C(C)=CC=C(C(=O)N(C)C)C1(O)C=NOCc1ccc(OC)cc1. The molecule has 7 nitrogen and oxygen atoms in total. The minimum absolute atomic E-state index is 0.219. The van der Waals surface area contributed by atoms with Gasteiger partial charge in [-0.3, -0.25) is 4.79 Å². The molecule has 0 spiro atoms. The normalized spacial score (nSPS) is 19.6. The lowest BCUT2D eigenvalue weighted by atomic mass is 9.96. The van der Waals surface area contributed by atoms with Gasteiger partial charge in [0, 0.05) is 26.3 Å². The van der Waals surface area contributed by atoms with Crippen LogP contribution in [0.15, 0.2) is 52.8 Å². The van der Waals surface area contributed by atoms with Gasteiger partial charge in [-0.15, -0.1) is 0 Å². The van der Waals surface area contributed by atoms with Gasteiger partial charge in [-0.05, 0) is 43.7 Å². The van der Waals surface area contributed by atoms with Gasteiger partial charge in [0.15, 0.2) is 0 Å². The van der Waals surface area contributed by atoms with Gasteiger partial charge in [-0.25, -0.2) is 0 Å². The molecule has 27 heavy (non-hydrogen) atoms. The average Bonchev–Trinajstić information content (AvgIpc) is 2.65. The van der Waals surface area contributed by atoms with Gasteiger partial charge in [-0.2, -0.15) is 0 Å². The Balaban J connectivity index is 2.17. The molecule has 1 aliphatic rings. The molecule has 1 heterocycles. The second kappa shape index (κ2) is 8.73. The molecule has 146 valence electrons. The number of methoxy groups -OCH3 is 1. The molecule has 1 aromatic rings. The van der Waals surface area contributed by atoms with Crippen molar-refractivity contribution >= 4 is 12.1 Å². The van der Waals surface area contributed by atoms with E-state index in [4.69, 9.17) is 9.57 Å². The molecule has 0 fully saturated rings. The number of benzene rings is 1. The number of rotatable bonds is 7. The number of ether oxygens (including phenoxy) is 1. The third-order valence-electron chi connectivity index (χ3n) is 4.38. The molecule has 2 rings (SSSR count). The average molecular weight is 373 g/mol. The van der Waals surface area contributed by atoms with Gasteiger partial charge >= 0.3 is 0 Å². The third-order valence-corrected chi connectivity index (χ3v) is 4.38. The Kier molecular flexibility index (Phi) is 6.63. The first kappa shape index (κ1) is 20.5. The molecule has 0 saturated heterocycles. The lowest BCUT2D eigenvalue weighted by Gasteiger charge is -2.41. The topological polar surface area (TPSA) is 74.6 Å². The highest BCUT2D eigenvalue weighted by molar-refractivity contribution is 6.01. The molecule has 1 aliphatic heterocycles. The van der Waals surface area contributed by atoms with Crippen LogP contribution in [0.4, 0.5) is 0 Å². The van der Waals surface area contributed by atoms with E-state index in [9.17, 15) is 9.90 Å². The quantitative estimate of drug-likeness (QED) is 0.585. The Bertz CT molecular complexity index is 753. The molecular formula is C20H27N3O4. The molecule has 1 atom stereocenters. The number of likely N-dealkylation sites (N-methyl/N-ethyl adjacent to an activating group) is 2. The number of allylic oxidation sites excluding steroid dienone is 3. The fourth-order valence-corrected chi connectivity index (χ4v) is 2.87. The second-order valence-electron chi connectivity index (χ2n) is 6.41. The monoisotopic (exact) mass is 373 g/mol. The van der Waals surface area contributed by atoms with Gasteiger partial charge in [0.05, 0.1) is 12.7 Å². The van der Waals surface area contributed by atoms with Crippen LogP contribution in [-0.2, 0) is 16.2 Å².